The van der Waals surface area contributed by atoms with Crippen LogP contribution < -0.4 is 10.2 Å². The Bertz CT molecular complexity index is 442. The van der Waals surface area contributed by atoms with Gasteiger partial charge in [0.25, 0.3) is 0 Å². The van der Waals surface area contributed by atoms with E-state index in [2.05, 4.69) is 5.32 Å². The first kappa shape index (κ1) is 15.0. The second-order valence-electron chi connectivity index (χ2n) is 4.33. The van der Waals surface area contributed by atoms with Crippen LogP contribution in [0.25, 0.3) is 0 Å². The van der Waals surface area contributed by atoms with Crippen molar-refractivity contribution < 1.29 is 19.8 Å². The highest BCUT2D eigenvalue weighted by molar-refractivity contribution is 5.93. The zero-order valence-corrected chi connectivity index (χ0v) is 11.0. The molecule has 0 aromatic heterocycles. The van der Waals surface area contributed by atoms with Gasteiger partial charge in [-0.15, -0.1) is 0 Å². The number of hydrogen-bond acceptors (Lipinski definition) is 3. The quantitative estimate of drug-likeness (QED) is 0.749. The highest BCUT2D eigenvalue weighted by Crippen LogP contribution is 2.15. The molecule has 0 aliphatic carbocycles. The number of anilines is 1. The fourth-order valence-electron chi connectivity index (χ4n) is 1.56. The average Bonchev–Trinajstić information content (AvgIpc) is 2.35. The van der Waals surface area contributed by atoms with E-state index in [0.29, 0.717) is 5.69 Å². The Morgan fingerprint density at radius 2 is 1.84 bits per heavy atom. The lowest BCUT2D eigenvalue weighted by atomic mass is 10.2. The summed E-state index contributed by atoms with van der Waals surface area (Å²) in [5.41, 5.74) is 0.689. The zero-order valence-electron chi connectivity index (χ0n) is 11.0. The van der Waals surface area contributed by atoms with E-state index < -0.39 is 5.97 Å². The smallest absolute Gasteiger partial charge is 0.335 e. The number of carbonyl (C=O) groups excluding carboxylic acids is 1. The van der Waals surface area contributed by atoms with Crippen molar-refractivity contribution in [2.45, 2.75) is 19.9 Å². The van der Waals surface area contributed by atoms with Crippen LogP contribution in [0.4, 0.5) is 10.5 Å². The van der Waals surface area contributed by atoms with Crippen LogP contribution in [0.2, 0.25) is 0 Å². The summed E-state index contributed by atoms with van der Waals surface area (Å²) in [7, 11) is 0. The highest BCUT2D eigenvalue weighted by atomic mass is 16.4. The molecule has 1 rings (SSSR count). The van der Waals surface area contributed by atoms with Gasteiger partial charge < -0.3 is 15.5 Å². The summed E-state index contributed by atoms with van der Waals surface area (Å²) in [5, 5.41) is 20.5. The van der Waals surface area contributed by atoms with E-state index in [0.717, 1.165) is 0 Å². The van der Waals surface area contributed by atoms with Crippen molar-refractivity contribution in [3.63, 3.8) is 0 Å². The van der Waals surface area contributed by atoms with Gasteiger partial charge in [-0.3, -0.25) is 4.90 Å². The fraction of sp³-hybridized carbons (Fsp3) is 0.385. The van der Waals surface area contributed by atoms with Crippen LogP contribution in [-0.2, 0) is 0 Å². The molecule has 0 unspecified atom stereocenters. The van der Waals surface area contributed by atoms with Crippen molar-refractivity contribution in [2.24, 2.45) is 0 Å². The van der Waals surface area contributed by atoms with Gasteiger partial charge in [-0.05, 0) is 38.1 Å². The van der Waals surface area contributed by atoms with Gasteiger partial charge in [-0.2, -0.15) is 0 Å². The number of carboxylic acids is 1. The Hall–Kier alpha value is -2.08. The number of nitrogens with zero attached hydrogens (tertiary/aromatic N) is 1. The van der Waals surface area contributed by atoms with Gasteiger partial charge in [0.15, 0.2) is 0 Å². The Balaban J connectivity index is 2.92. The molecular weight excluding hydrogens is 248 g/mol. The first-order chi connectivity index (χ1) is 8.95. The minimum Gasteiger partial charge on any atom is -0.478 e. The lowest BCUT2D eigenvalue weighted by Gasteiger charge is -2.23. The molecule has 19 heavy (non-hydrogen) atoms. The van der Waals surface area contributed by atoms with Gasteiger partial charge in [0.05, 0.1) is 18.7 Å². The molecular formula is C13H18N2O4. The number of hydrogen-bond donors (Lipinski definition) is 3. The van der Waals surface area contributed by atoms with Crippen LogP contribution in [0.3, 0.4) is 0 Å². The molecule has 0 radical (unpaired) electrons. The predicted octanol–water partition coefficient (Wildman–Crippen LogP) is 1.30. The molecule has 0 spiro atoms. The number of aliphatic hydroxyl groups is 1. The molecule has 2 amide bonds. The molecule has 0 atom stereocenters. The maximum Gasteiger partial charge on any atom is 0.335 e. The number of aromatic carboxylic acids is 1. The van der Waals surface area contributed by atoms with E-state index in [9.17, 15) is 9.59 Å². The van der Waals surface area contributed by atoms with Crippen LogP contribution in [0.15, 0.2) is 24.3 Å². The number of aliphatic hydroxyl groups excluding tert-OH is 1. The van der Waals surface area contributed by atoms with Gasteiger partial charge in [0.2, 0.25) is 0 Å². The number of carboxylic acid groups (broad SMARTS) is 1. The van der Waals surface area contributed by atoms with E-state index in [1.54, 1.807) is 12.1 Å². The van der Waals surface area contributed by atoms with E-state index >= 15 is 0 Å². The van der Waals surface area contributed by atoms with Crippen molar-refractivity contribution >= 4 is 17.7 Å². The first-order valence-electron chi connectivity index (χ1n) is 5.98. The Kier molecular flexibility index (Phi) is 5.32. The number of rotatable bonds is 5. The molecule has 3 N–H and O–H groups in total. The summed E-state index contributed by atoms with van der Waals surface area (Å²) in [4.78, 5) is 24.1. The average molecular weight is 266 g/mol. The maximum atomic E-state index is 12.0. The molecule has 0 aliphatic rings. The number of nitrogens with one attached hydrogen (secondary N) is 1. The molecule has 0 bridgehead atoms. The number of urea groups is 1. The molecule has 1 aromatic rings. The van der Waals surface area contributed by atoms with Gasteiger partial charge in [-0.25, -0.2) is 9.59 Å². The van der Waals surface area contributed by atoms with E-state index in [1.807, 2.05) is 13.8 Å². The lowest BCUT2D eigenvalue weighted by molar-refractivity contribution is 0.0697. The summed E-state index contributed by atoms with van der Waals surface area (Å²) < 4.78 is 0. The summed E-state index contributed by atoms with van der Waals surface area (Å²) >= 11 is 0. The van der Waals surface area contributed by atoms with Crippen molar-refractivity contribution in [3.05, 3.63) is 29.8 Å². The first-order valence-corrected chi connectivity index (χ1v) is 5.98. The third-order valence-electron chi connectivity index (χ3n) is 2.41. The number of carbonyl (C=O) groups is 2. The Morgan fingerprint density at radius 1 is 1.26 bits per heavy atom. The van der Waals surface area contributed by atoms with E-state index in [1.165, 1.54) is 17.0 Å². The van der Waals surface area contributed by atoms with Gasteiger partial charge in [0, 0.05) is 11.7 Å². The predicted molar refractivity (Wildman–Crippen MR) is 71.5 cm³/mol. The molecule has 104 valence electrons. The van der Waals surface area contributed by atoms with Crippen LogP contribution in [0, 0.1) is 0 Å². The summed E-state index contributed by atoms with van der Waals surface area (Å²) in [6.45, 7) is 3.64. The molecule has 0 aliphatic heterocycles. The molecule has 1 aromatic carbocycles. The second-order valence-corrected chi connectivity index (χ2v) is 4.33. The number of benzene rings is 1. The third-order valence-corrected chi connectivity index (χ3v) is 2.41. The van der Waals surface area contributed by atoms with Crippen LogP contribution in [0.5, 0.6) is 0 Å². The zero-order chi connectivity index (χ0) is 14.4. The second kappa shape index (κ2) is 6.75. The molecule has 6 nitrogen and oxygen atoms in total. The largest absolute Gasteiger partial charge is 0.478 e. The van der Waals surface area contributed by atoms with Crippen molar-refractivity contribution in [1.82, 2.24) is 5.32 Å². The monoisotopic (exact) mass is 266 g/mol. The molecule has 0 saturated heterocycles. The van der Waals surface area contributed by atoms with Crippen molar-refractivity contribution in [3.8, 4) is 0 Å². The number of amides is 2. The highest BCUT2D eigenvalue weighted by Gasteiger charge is 2.16. The van der Waals surface area contributed by atoms with Crippen LogP contribution in [-0.4, -0.2) is 41.4 Å². The lowest BCUT2D eigenvalue weighted by Crippen LogP contribution is -2.44. The van der Waals surface area contributed by atoms with Gasteiger partial charge in [-0.1, -0.05) is 0 Å². The normalized spacial score (nSPS) is 10.3. The fourth-order valence-corrected chi connectivity index (χ4v) is 1.56. The molecule has 6 heteroatoms. The Morgan fingerprint density at radius 3 is 2.26 bits per heavy atom. The van der Waals surface area contributed by atoms with Crippen LogP contribution >= 0.6 is 0 Å². The summed E-state index contributed by atoms with van der Waals surface area (Å²) in [5.74, 6) is -1.02. The SMILES string of the molecule is CC(C)NC(=O)N(CCO)c1ccc(C(=O)O)cc1. The maximum absolute atomic E-state index is 12.0. The van der Waals surface area contributed by atoms with Gasteiger partial charge in [0.1, 0.15) is 0 Å². The van der Waals surface area contributed by atoms with Crippen LogP contribution in [0.1, 0.15) is 24.2 Å². The Labute approximate surface area is 111 Å². The standard InChI is InChI=1S/C13H18N2O4/c1-9(2)14-13(19)15(7-8-16)11-5-3-10(4-6-11)12(17)18/h3-6,9,16H,7-8H2,1-2H3,(H,14,19)(H,17,18). The minimum atomic E-state index is -1.02. The molecule has 0 fully saturated rings. The topological polar surface area (TPSA) is 89.9 Å². The summed E-state index contributed by atoms with van der Waals surface area (Å²) in [6.07, 6.45) is 0. The van der Waals surface area contributed by atoms with Gasteiger partial charge >= 0.3 is 12.0 Å². The molecule has 0 saturated carbocycles. The molecule has 0 heterocycles. The van der Waals surface area contributed by atoms with E-state index in [4.69, 9.17) is 10.2 Å². The third kappa shape index (κ3) is 4.26. The minimum absolute atomic E-state index is 0.0213. The van der Waals surface area contributed by atoms with E-state index in [-0.39, 0.29) is 30.8 Å². The van der Waals surface area contributed by atoms with Crippen molar-refractivity contribution in [2.75, 3.05) is 18.1 Å². The summed E-state index contributed by atoms with van der Waals surface area (Å²) in [6, 6.07) is 5.58. The van der Waals surface area contributed by atoms with Crippen molar-refractivity contribution in [1.29, 1.82) is 0 Å².